The second-order valence-electron chi connectivity index (χ2n) is 7.19. The molecule has 2 aliphatic rings. The highest BCUT2D eigenvalue weighted by Gasteiger charge is 2.52. The average molecular weight is 445 g/mol. The Morgan fingerprint density at radius 2 is 1.74 bits per heavy atom. The monoisotopic (exact) mass is 445 g/mol. The van der Waals surface area contributed by atoms with Gasteiger partial charge in [-0.3, -0.25) is 20.0 Å². The Labute approximate surface area is 170 Å². The summed E-state index contributed by atoms with van der Waals surface area (Å²) in [5, 5.41) is 5.00. The zero-order valence-corrected chi connectivity index (χ0v) is 15.4. The van der Waals surface area contributed by atoms with Gasteiger partial charge < -0.3 is 0 Å². The van der Waals surface area contributed by atoms with Gasteiger partial charge in [0.25, 0.3) is 5.91 Å². The summed E-state index contributed by atoms with van der Waals surface area (Å²) in [5.41, 5.74) is -1.07. The van der Waals surface area contributed by atoms with Crippen molar-refractivity contribution in [3.05, 3.63) is 41.7 Å². The molecular formula is C18H13F6N5O2. The Hall–Kier alpha value is -3.38. The molecule has 0 bridgehead atoms. The molecule has 1 aromatic carbocycles. The number of nitrogens with zero attached hydrogens (tertiary/aromatic N) is 4. The zero-order chi connectivity index (χ0) is 22.6. The minimum atomic E-state index is -5.00. The number of halogens is 6. The van der Waals surface area contributed by atoms with E-state index in [-0.39, 0.29) is 23.8 Å². The van der Waals surface area contributed by atoms with E-state index in [0.717, 1.165) is 29.7 Å². The molecule has 0 spiro atoms. The van der Waals surface area contributed by atoms with E-state index >= 15 is 0 Å². The molecule has 13 heteroatoms. The van der Waals surface area contributed by atoms with Crippen LogP contribution in [0.25, 0.3) is 17.6 Å². The standard InChI is InChI=1S/C18H13F6N5O2/c19-17(20,21)11-3-9(4-12(6-11)18(22,23)24)15-25-8-28(27-15)2-1-14(30)26-29-7-10-5-13(10)16(29)31/h1-4,6,8,10,13H,5,7H2,(H,26,30)/b2-1-/t10-,13-/m1/s1. The van der Waals surface area contributed by atoms with Crippen molar-refractivity contribution in [3.63, 3.8) is 0 Å². The molecule has 1 aromatic heterocycles. The van der Waals surface area contributed by atoms with E-state index in [1.54, 1.807) is 0 Å². The summed E-state index contributed by atoms with van der Waals surface area (Å²) in [6.45, 7) is 0.424. The van der Waals surface area contributed by atoms with E-state index in [4.69, 9.17) is 0 Å². The lowest BCUT2D eigenvalue weighted by molar-refractivity contribution is -0.143. The van der Waals surface area contributed by atoms with Gasteiger partial charge in [-0.2, -0.15) is 26.3 Å². The molecule has 164 valence electrons. The van der Waals surface area contributed by atoms with Crippen LogP contribution in [-0.4, -0.2) is 38.1 Å². The van der Waals surface area contributed by atoms with Crippen molar-refractivity contribution in [3.8, 4) is 11.4 Å². The summed E-state index contributed by atoms with van der Waals surface area (Å²) in [6, 6.07) is 1.03. The third-order valence-electron chi connectivity index (χ3n) is 4.90. The summed E-state index contributed by atoms with van der Waals surface area (Å²) >= 11 is 0. The first-order valence-corrected chi connectivity index (χ1v) is 8.93. The van der Waals surface area contributed by atoms with E-state index in [1.807, 2.05) is 0 Å². The van der Waals surface area contributed by atoms with Crippen molar-refractivity contribution in [2.75, 3.05) is 6.54 Å². The van der Waals surface area contributed by atoms with Gasteiger partial charge in [-0.25, -0.2) is 9.67 Å². The number of amides is 2. The molecule has 1 aliphatic heterocycles. The number of aromatic nitrogens is 3. The topological polar surface area (TPSA) is 80.1 Å². The summed E-state index contributed by atoms with van der Waals surface area (Å²) in [7, 11) is 0. The van der Waals surface area contributed by atoms with Gasteiger partial charge in [0.05, 0.1) is 11.1 Å². The van der Waals surface area contributed by atoms with Crippen LogP contribution in [0, 0.1) is 11.8 Å². The predicted octanol–water partition coefficient (Wildman–Crippen LogP) is 2.96. The minimum absolute atomic E-state index is 0.00827. The van der Waals surface area contributed by atoms with Crippen LogP contribution in [0.5, 0.6) is 0 Å². The third-order valence-corrected chi connectivity index (χ3v) is 4.90. The van der Waals surface area contributed by atoms with Crippen molar-refractivity contribution in [1.29, 1.82) is 0 Å². The molecule has 1 aliphatic carbocycles. The molecule has 2 atom stereocenters. The van der Waals surface area contributed by atoms with Crippen LogP contribution < -0.4 is 5.43 Å². The van der Waals surface area contributed by atoms with Crippen LogP contribution in [0.1, 0.15) is 17.5 Å². The van der Waals surface area contributed by atoms with E-state index in [2.05, 4.69) is 15.5 Å². The molecule has 0 unspecified atom stereocenters. The fourth-order valence-corrected chi connectivity index (χ4v) is 3.25. The average Bonchev–Trinajstić information content (AvgIpc) is 3.16. The molecule has 2 amide bonds. The minimum Gasteiger partial charge on any atom is -0.273 e. The molecule has 1 N–H and O–H groups in total. The number of alkyl halides is 6. The van der Waals surface area contributed by atoms with Crippen molar-refractivity contribution >= 4 is 18.0 Å². The summed E-state index contributed by atoms with van der Waals surface area (Å²) < 4.78 is 78.9. The van der Waals surface area contributed by atoms with Crippen LogP contribution in [0.15, 0.2) is 30.6 Å². The lowest BCUT2D eigenvalue weighted by atomic mass is 10.0. The van der Waals surface area contributed by atoms with Gasteiger partial charge >= 0.3 is 12.4 Å². The first kappa shape index (κ1) is 20.9. The molecule has 0 radical (unpaired) electrons. The molecule has 7 nitrogen and oxygen atoms in total. The number of carbonyl (C=O) groups excluding carboxylic acids is 2. The molecule has 2 fully saturated rings. The summed E-state index contributed by atoms with van der Waals surface area (Å²) in [6.07, 6.45) is -6.06. The molecule has 31 heavy (non-hydrogen) atoms. The first-order valence-electron chi connectivity index (χ1n) is 8.93. The number of rotatable bonds is 4. The zero-order valence-electron chi connectivity index (χ0n) is 15.4. The van der Waals surface area contributed by atoms with E-state index in [1.165, 1.54) is 5.01 Å². The van der Waals surface area contributed by atoms with Gasteiger partial charge in [-0.05, 0) is 30.5 Å². The predicted molar refractivity (Wildman–Crippen MR) is 92.2 cm³/mol. The van der Waals surface area contributed by atoms with Gasteiger partial charge in [-0.1, -0.05) is 0 Å². The van der Waals surface area contributed by atoms with E-state index in [9.17, 15) is 35.9 Å². The number of piperidine rings is 1. The maximum atomic E-state index is 13.0. The fraction of sp³-hybridized carbons (Fsp3) is 0.333. The van der Waals surface area contributed by atoms with Gasteiger partial charge in [0, 0.05) is 30.3 Å². The number of fused-ring (bicyclic) bond motifs is 1. The van der Waals surface area contributed by atoms with Crippen LogP contribution in [0.2, 0.25) is 0 Å². The van der Waals surface area contributed by atoms with Gasteiger partial charge in [0.15, 0.2) is 5.82 Å². The lowest BCUT2D eigenvalue weighted by Crippen LogP contribution is -2.44. The highest BCUT2D eigenvalue weighted by molar-refractivity contribution is 5.93. The van der Waals surface area contributed by atoms with Gasteiger partial charge in [0.2, 0.25) is 5.91 Å². The summed E-state index contributed by atoms with van der Waals surface area (Å²) in [5.74, 6) is -0.999. The van der Waals surface area contributed by atoms with Crippen LogP contribution in [-0.2, 0) is 21.9 Å². The van der Waals surface area contributed by atoms with Crippen LogP contribution in [0.4, 0.5) is 26.3 Å². The second kappa shape index (κ2) is 7.10. The Kier molecular flexibility index (Phi) is 4.78. The molecular weight excluding hydrogens is 432 g/mol. The Morgan fingerprint density at radius 3 is 2.29 bits per heavy atom. The molecule has 2 aromatic rings. The normalized spacial score (nSPS) is 21.0. The highest BCUT2D eigenvalue weighted by Crippen LogP contribution is 2.45. The van der Waals surface area contributed by atoms with E-state index < -0.39 is 40.8 Å². The van der Waals surface area contributed by atoms with Crippen molar-refractivity contribution < 1.29 is 35.9 Å². The fourth-order valence-electron chi connectivity index (χ4n) is 3.25. The number of nitrogens with one attached hydrogen (secondary N) is 1. The van der Waals surface area contributed by atoms with E-state index in [0.29, 0.717) is 18.7 Å². The number of hydrogen-bond acceptors (Lipinski definition) is 4. The van der Waals surface area contributed by atoms with Crippen molar-refractivity contribution in [1.82, 2.24) is 25.2 Å². The van der Waals surface area contributed by atoms with Gasteiger partial charge in [-0.15, -0.1) is 5.10 Å². The maximum Gasteiger partial charge on any atom is 0.416 e. The number of benzene rings is 1. The number of carbonyl (C=O) groups is 2. The quantitative estimate of drug-likeness (QED) is 0.580. The third kappa shape index (κ3) is 4.39. The van der Waals surface area contributed by atoms with Crippen molar-refractivity contribution in [2.24, 2.45) is 11.8 Å². The molecule has 1 saturated heterocycles. The van der Waals surface area contributed by atoms with Gasteiger partial charge in [0.1, 0.15) is 6.33 Å². The van der Waals surface area contributed by atoms with Crippen LogP contribution >= 0.6 is 0 Å². The highest BCUT2D eigenvalue weighted by atomic mass is 19.4. The van der Waals surface area contributed by atoms with Crippen LogP contribution in [0.3, 0.4) is 0 Å². The SMILES string of the molecule is O=C(/C=C\n1cnc(-c2cc(C(F)(F)F)cc(C(F)(F)F)c2)n1)NN1C[C@H]2C[C@H]2C1=O. The van der Waals surface area contributed by atoms with Crippen molar-refractivity contribution in [2.45, 2.75) is 18.8 Å². The summed E-state index contributed by atoms with van der Waals surface area (Å²) in [4.78, 5) is 27.4. The molecule has 2 heterocycles. The Morgan fingerprint density at radius 1 is 1.10 bits per heavy atom. The molecule has 4 rings (SSSR count). The number of hydrogen-bond donors (Lipinski definition) is 1. The largest absolute Gasteiger partial charge is 0.416 e. The Balaban J connectivity index is 1.51. The Bertz CT molecular complexity index is 1040. The first-order chi connectivity index (χ1) is 14.4. The molecule has 1 saturated carbocycles. The second-order valence-corrected chi connectivity index (χ2v) is 7.19. The number of hydrazine groups is 1. The maximum absolute atomic E-state index is 13.0. The smallest absolute Gasteiger partial charge is 0.273 e. The lowest BCUT2D eigenvalue weighted by Gasteiger charge is -2.17.